The summed E-state index contributed by atoms with van der Waals surface area (Å²) in [6.07, 6.45) is 3.54. The largest absolute Gasteiger partial charge is 0.376 e. The normalized spacial score (nSPS) is 19.2. The summed E-state index contributed by atoms with van der Waals surface area (Å²) in [5.41, 5.74) is -1.18. The molecule has 0 amide bonds. The van der Waals surface area contributed by atoms with E-state index < -0.39 is 5.72 Å². The van der Waals surface area contributed by atoms with E-state index in [1.165, 1.54) is 0 Å². The average molecular weight is 283 g/mol. The molecule has 20 heavy (non-hydrogen) atoms. The van der Waals surface area contributed by atoms with Crippen molar-refractivity contribution in [3.8, 4) is 0 Å². The molecule has 0 heterocycles. The van der Waals surface area contributed by atoms with E-state index in [0.717, 1.165) is 26.4 Å². The summed E-state index contributed by atoms with van der Waals surface area (Å²) in [7, 11) is 2.90. The summed E-state index contributed by atoms with van der Waals surface area (Å²) in [4.78, 5) is 14.5. The Labute approximate surface area is 126 Å². The van der Waals surface area contributed by atoms with Crippen LogP contribution in [0.1, 0.15) is 53.9 Å². The molecule has 0 saturated carbocycles. The summed E-state index contributed by atoms with van der Waals surface area (Å²) >= 11 is 0. The summed E-state index contributed by atoms with van der Waals surface area (Å²) in [5, 5.41) is 10.5. The zero-order chi connectivity index (χ0) is 16.0. The van der Waals surface area contributed by atoms with Gasteiger partial charge in [0.25, 0.3) is 0 Å². The maximum atomic E-state index is 12.7. The first-order chi connectivity index (χ1) is 9.15. The zero-order valence-electron chi connectivity index (χ0n) is 14.6. The van der Waals surface area contributed by atoms with Gasteiger partial charge in [0.15, 0.2) is 5.78 Å². The maximum absolute atomic E-state index is 12.7. The lowest BCUT2D eigenvalue weighted by atomic mass is 9.71. The highest BCUT2D eigenvalue weighted by Gasteiger charge is 2.38. The minimum absolute atomic E-state index is 0.244. The van der Waals surface area contributed by atoms with Crippen molar-refractivity contribution < 1.29 is 9.90 Å². The second kappa shape index (κ2) is 8.18. The van der Waals surface area contributed by atoms with Crippen LogP contribution in [0.25, 0.3) is 0 Å². The smallest absolute Gasteiger partial charge is 0.153 e. The Morgan fingerprint density at radius 1 is 1.35 bits per heavy atom. The highest BCUT2D eigenvalue weighted by atomic mass is 16.3. The summed E-state index contributed by atoms with van der Waals surface area (Å²) in [6, 6.07) is 0. The number of hydrogen-bond acceptors (Lipinski definition) is 3. The van der Waals surface area contributed by atoms with E-state index in [4.69, 9.17) is 0 Å². The van der Waals surface area contributed by atoms with E-state index in [0.29, 0.717) is 18.9 Å². The molecule has 1 N–H and O–H groups in total. The van der Waals surface area contributed by atoms with Gasteiger partial charge >= 0.3 is 0 Å². The van der Waals surface area contributed by atoms with Gasteiger partial charge < -0.3 is 5.11 Å². The first kappa shape index (κ1) is 19.7. The van der Waals surface area contributed by atoms with Crippen molar-refractivity contribution in [2.45, 2.75) is 72.7 Å². The molecule has 0 aromatic heterocycles. The number of nitrogens with zero attached hydrogens (tertiary/aromatic N) is 1. The first-order valence-corrected chi connectivity index (χ1v) is 8.12. The number of likely N-dealkylation sites (N-methyl/N-ethyl adjacent to an activating group) is 1. The number of ketones is 1. The molecule has 4 heteroatoms. The van der Waals surface area contributed by atoms with E-state index in [1.807, 2.05) is 14.0 Å². The van der Waals surface area contributed by atoms with Crippen molar-refractivity contribution >= 4 is 13.1 Å². The predicted molar refractivity (Wildman–Crippen MR) is 88.6 cm³/mol. The molecule has 0 fully saturated rings. The van der Waals surface area contributed by atoms with E-state index in [-0.39, 0.29) is 11.2 Å². The van der Waals surface area contributed by atoms with Gasteiger partial charge in [-0.2, -0.15) is 0 Å². The lowest BCUT2D eigenvalue weighted by Crippen LogP contribution is -2.49. The van der Waals surface area contributed by atoms with Gasteiger partial charge in [-0.05, 0) is 32.7 Å². The molecule has 0 aliphatic carbocycles. The van der Waals surface area contributed by atoms with Crippen LogP contribution in [-0.2, 0) is 4.79 Å². The van der Waals surface area contributed by atoms with Gasteiger partial charge in [0.2, 0.25) is 0 Å². The van der Waals surface area contributed by atoms with Gasteiger partial charge in [-0.1, -0.05) is 47.3 Å². The Balaban J connectivity index is 4.80. The molecule has 0 aliphatic heterocycles. The Hall–Kier alpha value is -0.345. The topological polar surface area (TPSA) is 40.5 Å². The van der Waals surface area contributed by atoms with E-state index in [2.05, 4.69) is 34.5 Å². The number of hydrogen-bond donors (Lipinski definition) is 1. The van der Waals surface area contributed by atoms with Crippen LogP contribution in [0.3, 0.4) is 0 Å². The Kier molecular flexibility index (Phi) is 8.04. The molecular weight excluding hydrogens is 249 g/mol. The molecule has 0 rings (SSSR count). The van der Waals surface area contributed by atoms with Crippen LogP contribution in [0.4, 0.5) is 0 Å². The maximum Gasteiger partial charge on any atom is 0.153 e. The summed E-state index contributed by atoms with van der Waals surface area (Å²) in [5.74, 6) is 0.614. The van der Waals surface area contributed by atoms with Crippen LogP contribution in [0, 0.1) is 11.3 Å². The van der Waals surface area contributed by atoms with Gasteiger partial charge in [-0.15, -0.1) is 0 Å². The molecule has 3 nitrogen and oxygen atoms in total. The summed E-state index contributed by atoms with van der Waals surface area (Å²) in [6.45, 7) is 12.7. The molecule has 0 aromatic carbocycles. The van der Waals surface area contributed by atoms with Crippen LogP contribution in [0.2, 0.25) is 13.1 Å². The number of aliphatic hydroxyl groups is 1. The van der Waals surface area contributed by atoms with Crippen LogP contribution in [0.15, 0.2) is 0 Å². The highest BCUT2D eigenvalue weighted by Crippen LogP contribution is 2.35. The van der Waals surface area contributed by atoms with Crippen molar-refractivity contribution in [2.24, 2.45) is 11.3 Å². The van der Waals surface area contributed by atoms with Crippen LogP contribution >= 0.6 is 0 Å². The predicted octanol–water partition coefficient (Wildman–Crippen LogP) is 2.95. The third-order valence-electron chi connectivity index (χ3n) is 5.28. The third kappa shape index (κ3) is 4.89. The second-order valence-electron chi connectivity index (χ2n) is 6.68. The zero-order valence-corrected chi connectivity index (χ0v) is 14.6. The molecule has 0 bridgehead atoms. The molecule has 3 atom stereocenters. The van der Waals surface area contributed by atoms with Gasteiger partial charge in [-0.3, -0.25) is 9.69 Å². The fourth-order valence-corrected chi connectivity index (χ4v) is 2.54. The average Bonchev–Trinajstić information content (AvgIpc) is 2.42. The number of carbonyl (C=O) groups is 1. The number of carbonyl (C=O) groups excluding carboxylic acids is 1. The number of rotatable bonds is 10. The van der Waals surface area contributed by atoms with Crippen LogP contribution < -0.4 is 0 Å². The summed E-state index contributed by atoms with van der Waals surface area (Å²) < 4.78 is 0. The number of Topliss-reactive ketones (excluding diaryl/α,β-unsaturated/α-hetero) is 1. The van der Waals surface area contributed by atoms with Gasteiger partial charge in [-0.25, -0.2) is 0 Å². The molecule has 0 spiro atoms. The molecule has 0 saturated heterocycles. The van der Waals surface area contributed by atoms with E-state index in [9.17, 15) is 9.90 Å². The van der Waals surface area contributed by atoms with Gasteiger partial charge in [0.1, 0.15) is 13.0 Å². The highest BCUT2D eigenvalue weighted by molar-refractivity contribution is 6.33. The van der Waals surface area contributed by atoms with E-state index in [1.54, 1.807) is 4.90 Å². The molecule has 3 unspecified atom stereocenters. The van der Waals surface area contributed by atoms with Gasteiger partial charge in [0, 0.05) is 5.41 Å². The lowest BCUT2D eigenvalue weighted by Gasteiger charge is -2.38. The van der Waals surface area contributed by atoms with Gasteiger partial charge in [0.05, 0.1) is 6.54 Å². The first-order valence-electron chi connectivity index (χ1n) is 8.12. The Morgan fingerprint density at radius 2 is 1.90 bits per heavy atom. The van der Waals surface area contributed by atoms with Crippen molar-refractivity contribution in [1.29, 1.82) is 0 Å². The Morgan fingerprint density at radius 3 is 2.30 bits per heavy atom. The molecule has 0 radical (unpaired) electrons. The second-order valence-corrected chi connectivity index (χ2v) is 6.68. The van der Waals surface area contributed by atoms with Crippen LogP contribution in [-0.4, -0.2) is 42.4 Å². The lowest BCUT2D eigenvalue weighted by molar-refractivity contribution is -0.140. The standard InChI is InChI=1S/C16H34BNO2/c1-8-13(3)15(4,9-2)14(19)12-18(7)16(5,20)10-11-17-6/h13,17,20H,8-12H2,1-7H3. The molecular formula is C16H34BNO2. The minimum Gasteiger partial charge on any atom is -0.376 e. The molecule has 0 aliphatic rings. The minimum atomic E-state index is -0.893. The SMILES string of the molecule is CBCCC(C)(O)N(C)CC(=O)C(C)(CC)C(C)CC. The fraction of sp³-hybridized carbons (Fsp3) is 0.938. The third-order valence-corrected chi connectivity index (χ3v) is 5.28. The molecule has 118 valence electrons. The monoisotopic (exact) mass is 283 g/mol. The van der Waals surface area contributed by atoms with E-state index >= 15 is 0 Å². The molecule has 0 aromatic rings. The Bertz CT molecular complexity index is 307. The quantitative estimate of drug-likeness (QED) is 0.495. The van der Waals surface area contributed by atoms with Crippen molar-refractivity contribution in [3.05, 3.63) is 0 Å². The van der Waals surface area contributed by atoms with Crippen molar-refractivity contribution in [2.75, 3.05) is 13.6 Å². The van der Waals surface area contributed by atoms with Crippen molar-refractivity contribution in [1.82, 2.24) is 4.90 Å². The van der Waals surface area contributed by atoms with Crippen LogP contribution in [0.5, 0.6) is 0 Å². The van der Waals surface area contributed by atoms with Crippen molar-refractivity contribution in [3.63, 3.8) is 0 Å². The fourth-order valence-electron chi connectivity index (χ4n) is 2.54.